The van der Waals surface area contributed by atoms with E-state index in [1.165, 1.54) is 6.07 Å². The fraction of sp³-hybridized carbons (Fsp3) is 0.0909. The Morgan fingerprint density at radius 2 is 1.80 bits per heavy atom. The summed E-state index contributed by atoms with van der Waals surface area (Å²) in [6, 6.07) is 10.7. The highest BCUT2D eigenvalue weighted by molar-refractivity contribution is 5.31. The number of aromatic amines is 1. The van der Waals surface area contributed by atoms with E-state index in [1.807, 2.05) is 30.3 Å². The fourth-order valence-electron chi connectivity index (χ4n) is 1.41. The van der Waals surface area contributed by atoms with E-state index in [0.717, 1.165) is 5.69 Å². The van der Waals surface area contributed by atoms with Gasteiger partial charge >= 0.3 is 5.56 Å². The summed E-state index contributed by atoms with van der Waals surface area (Å²) in [5.41, 5.74) is 0.405. The maximum absolute atomic E-state index is 11.2. The summed E-state index contributed by atoms with van der Waals surface area (Å²) >= 11 is 0. The van der Waals surface area contributed by atoms with Crippen molar-refractivity contribution in [2.75, 3.05) is 0 Å². The predicted molar refractivity (Wildman–Crippen MR) is 57.4 cm³/mol. The van der Waals surface area contributed by atoms with Crippen molar-refractivity contribution in [3.8, 4) is 5.69 Å². The topological polar surface area (TPSA) is 54.9 Å². The van der Waals surface area contributed by atoms with Crippen LogP contribution in [0.15, 0.2) is 46.0 Å². The lowest BCUT2D eigenvalue weighted by Gasteiger charge is -2.08. The zero-order valence-electron chi connectivity index (χ0n) is 8.23. The summed E-state index contributed by atoms with van der Waals surface area (Å²) in [7, 11) is 0. The molecule has 1 heterocycles. The van der Waals surface area contributed by atoms with Crippen molar-refractivity contribution in [2.24, 2.45) is 0 Å². The Balaban J connectivity index is 2.70. The third-order valence-electron chi connectivity index (χ3n) is 2.14. The molecule has 0 aliphatic rings. The molecule has 76 valence electrons. The van der Waals surface area contributed by atoms with Crippen molar-refractivity contribution in [1.82, 2.24) is 9.78 Å². The molecule has 1 N–H and O–H groups in total. The van der Waals surface area contributed by atoms with Crippen LogP contribution in [0.25, 0.3) is 5.69 Å². The number of nitrogens with zero attached hydrogens (tertiary/aromatic N) is 1. The fourth-order valence-corrected chi connectivity index (χ4v) is 1.41. The van der Waals surface area contributed by atoms with Gasteiger partial charge in [-0.1, -0.05) is 18.2 Å². The highest BCUT2D eigenvalue weighted by Gasteiger charge is 2.01. The Kier molecular flexibility index (Phi) is 2.25. The minimum Gasteiger partial charge on any atom is -0.284 e. The molecule has 0 atom stereocenters. The average molecular weight is 202 g/mol. The third kappa shape index (κ3) is 1.74. The molecule has 0 radical (unpaired) electrons. The second-order valence-electron chi connectivity index (χ2n) is 3.26. The third-order valence-corrected chi connectivity index (χ3v) is 2.14. The van der Waals surface area contributed by atoms with Crippen LogP contribution in [0.2, 0.25) is 0 Å². The normalized spacial score (nSPS) is 10.2. The van der Waals surface area contributed by atoms with E-state index in [0.29, 0.717) is 5.69 Å². The molecule has 1 aromatic heterocycles. The first-order valence-corrected chi connectivity index (χ1v) is 4.57. The molecule has 15 heavy (non-hydrogen) atoms. The Morgan fingerprint density at radius 1 is 1.13 bits per heavy atom. The van der Waals surface area contributed by atoms with E-state index in [2.05, 4.69) is 5.10 Å². The molecular formula is C11H10N2O2. The first-order valence-electron chi connectivity index (χ1n) is 4.57. The molecular weight excluding hydrogens is 192 g/mol. The van der Waals surface area contributed by atoms with Gasteiger partial charge in [0.25, 0.3) is 0 Å². The van der Waals surface area contributed by atoms with Crippen LogP contribution in [-0.2, 0) is 0 Å². The molecule has 0 bridgehead atoms. The van der Waals surface area contributed by atoms with Gasteiger partial charge in [0.15, 0.2) is 0 Å². The van der Waals surface area contributed by atoms with E-state index in [4.69, 9.17) is 0 Å². The van der Waals surface area contributed by atoms with Crippen molar-refractivity contribution in [3.05, 3.63) is 62.7 Å². The molecule has 0 saturated carbocycles. The van der Waals surface area contributed by atoms with Crippen molar-refractivity contribution in [1.29, 1.82) is 0 Å². The molecule has 0 saturated heterocycles. The highest BCUT2D eigenvalue weighted by Crippen LogP contribution is 2.05. The second-order valence-corrected chi connectivity index (χ2v) is 3.26. The molecule has 0 aliphatic heterocycles. The molecule has 4 nitrogen and oxygen atoms in total. The number of nitrogens with one attached hydrogen (secondary N) is 1. The van der Waals surface area contributed by atoms with Gasteiger partial charge in [-0.3, -0.25) is 19.4 Å². The molecule has 2 aromatic rings. The van der Waals surface area contributed by atoms with E-state index in [1.54, 1.807) is 11.6 Å². The minimum absolute atomic E-state index is 0.514. The minimum atomic E-state index is -0.607. The van der Waals surface area contributed by atoms with Gasteiger partial charge in [0.2, 0.25) is 5.43 Å². The number of hydrogen-bond donors (Lipinski definition) is 1. The monoisotopic (exact) mass is 202 g/mol. The van der Waals surface area contributed by atoms with Gasteiger partial charge in [-0.15, -0.1) is 0 Å². The van der Waals surface area contributed by atoms with Crippen LogP contribution < -0.4 is 11.0 Å². The van der Waals surface area contributed by atoms with Crippen LogP contribution >= 0.6 is 0 Å². The maximum Gasteiger partial charge on any atom is 0.310 e. The lowest BCUT2D eigenvalue weighted by Crippen LogP contribution is -2.30. The van der Waals surface area contributed by atoms with Crippen LogP contribution in [0.1, 0.15) is 5.69 Å². The number of aryl methyl sites for hydroxylation is 1. The van der Waals surface area contributed by atoms with Crippen LogP contribution in [0.3, 0.4) is 0 Å². The van der Waals surface area contributed by atoms with Gasteiger partial charge in [0.1, 0.15) is 0 Å². The van der Waals surface area contributed by atoms with Crippen LogP contribution in [-0.4, -0.2) is 9.78 Å². The van der Waals surface area contributed by atoms with Crippen LogP contribution in [0.4, 0.5) is 0 Å². The molecule has 0 fully saturated rings. The van der Waals surface area contributed by atoms with Crippen molar-refractivity contribution in [3.63, 3.8) is 0 Å². The van der Waals surface area contributed by atoms with E-state index in [-0.39, 0.29) is 0 Å². The van der Waals surface area contributed by atoms with E-state index < -0.39 is 11.0 Å². The standard InChI is InChI=1S/C11H10N2O2/c1-8-7-10(14)11(15)12-13(8)9-5-3-2-4-6-9/h2-7H,1H3,(H,12,15). The molecule has 2 rings (SSSR count). The van der Waals surface area contributed by atoms with Crippen LogP contribution in [0, 0.1) is 6.92 Å². The molecule has 0 unspecified atom stereocenters. The Morgan fingerprint density at radius 3 is 2.47 bits per heavy atom. The summed E-state index contributed by atoms with van der Waals surface area (Å²) in [5, 5.41) is 2.51. The second kappa shape index (κ2) is 3.57. The average Bonchev–Trinajstić information content (AvgIpc) is 2.25. The number of hydrogen-bond acceptors (Lipinski definition) is 2. The predicted octanol–water partition coefficient (Wildman–Crippen LogP) is 0.834. The summed E-state index contributed by atoms with van der Waals surface area (Å²) in [6.07, 6.45) is 0. The van der Waals surface area contributed by atoms with Gasteiger partial charge < -0.3 is 0 Å². The molecule has 0 spiro atoms. The van der Waals surface area contributed by atoms with Gasteiger partial charge in [-0.05, 0) is 19.1 Å². The van der Waals surface area contributed by atoms with Crippen molar-refractivity contribution < 1.29 is 0 Å². The molecule has 1 aromatic carbocycles. The van der Waals surface area contributed by atoms with E-state index >= 15 is 0 Å². The number of aromatic nitrogens is 2. The maximum atomic E-state index is 11.2. The molecule has 0 amide bonds. The smallest absolute Gasteiger partial charge is 0.284 e. The first kappa shape index (κ1) is 9.45. The SMILES string of the molecule is Cc1cc(=O)c(=O)[nH]n1-c1ccccc1. The highest BCUT2D eigenvalue weighted by atomic mass is 16.2. The summed E-state index contributed by atoms with van der Waals surface area (Å²) in [6.45, 7) is 1.77. The van der Waals surface area contributed by atoms with Gasteiger partial charge in [-0.2, -0.15) is 0 Å². The van der Waals surface area contributed by atoms with Crippen molar-refractivity contribution >= 4 is 0 Å². The van der Waals surface area contributed by atoms with Crippen molar-refractivity contribution in [2.45, 2.75) is 6.92 Å². The van der Waals surface area contributed by atoms with Crippen LogP contribution in [0.5, 0.6) is 0 Å². The molecule has 4 heteroatoms. The molecule has 0 aliphatic carbocycles. The number of H-pyrrole nitrogens is 1. The summed E-state index contributed by atoms with van der Waals surface area (Å²) in [5.74, 6) is 0. The quantitative estimate of drug-likeness (QED) is 0.696. The number of para-hydroxylation sites is 1. The zero-order chi connectivity index (χ0) is 10.8. The number of benzene rings is 1. The summed E-state index contributed by atoms with van der Waals surface area (Å²) < 4.78 is 1.59. The lowest BCUT2D eigenvalue weighted by atomic mass is 10.3. The largest absolute Gasteiger partial charge is 0.310 e. The van der Waals surface area contributed by atoms with Gasteiger partial charge in [0, 0.05) is 11.8 Å². The lowest BCUT2D eigenvalue weighted by molar-refractivity contribution is 0.777. The summed E-state index contributed by atoms with van der Waals surface area (Å²) in [4.78, 5) is 22.2. The van der Waals surface area contributed by atoms with Gasteiger partial charge in [-0.25, -0.2) is 0 Å². The number of rotatable bonds is 1. The Labute approximate surface area is 85.8 Å². The Bertz CT molecular complexity index is 582. The Hall–Kier alpha value is -2.10. The van der Waals surface area contributed by atoms with Gasteiger partial charge in [0.05, 0.1) is 5.69 Å². The first-order chi connectivity index (χ1) is 7.18. The van der Waals surface area contributed by atoms with E-state index in [9.17, 15) is 9.59 Å². The zero-order valence-corrected chi connectivity index (χ0v) is 8.23.